The fourth-order valence-corrected chi connectivity index (χ4v) is 3.05. The molecule has 0 radical (unpaired) electrons. The normalized spacial score (nSPS) is 12.5. The Hall–Kier alpha value is -1.19. The molecular formula is C17H18BrFO. The molecule has 0 saturated heterocycles. The lowest BCUT2D eigenvalue weighted by Gasteiger charge is -2.18. The summed E-state index contributed by atoms with van der Waals surface area (Å²) in [6.07, 6.45) is -0.407. The molecule has 1 atom stereocenters. The maximum Gasteiger partial charge on any atom is 0.127 e. The van der Waals surface area contributed by atoms with Crippen LogP contribution in [-0.2, 0) is 6.42 Å². The van der Waals surface area contributed by atoms with Crippen molar-refractivity contribution in [3.63, 3.8) is 0 Å². The first kappa shape index (κ1) is 15.2. The van der Waals surface area contributed by atoms with Gasteiger partial charge in [-0.25, -0.2) is 4.39 Å². The smallest absolute Gasteiger partial charge is 0.127 e. The Kier molecular flexibility index (Phi) is 4.61. The second-order valence-electron chi connectivity index (χ2n) is 5.27. The van der Waals surface area contributed by atoms with E-state index in [0.717, 1.165) is 16.7 Å². The maximum absolute atomic E-state index is 13.9. The van der Waals surface area contributed by atoms with Crippen LogP contribution in [0.2, 0.25) is 0 Å². The Morgan fingerprint density at radius 1 is 1.10 bits per heavy atom. The maximum atomic E-state index is 13.9. The summed E-state index contributed by atoms with van der Waals surface area (Å²) in [7, 11) is 0. The van der Waals surface area contributed by atoms with Crippen molar-refractivity contribution in [2.24, 2.45) is 0 Å². The van der Waals surface area contributed by atoms with Gasteiger partial charge in [-0.1, -0.05) is 39.7 Å². The molecule has 1 unspecified atom stereocenters. The molecule has 2 rings (SSSR count). The van der Waals surface area contributed by atoms with E-state index in [9.17, 15) is 9.50 Å². The number of hydrogen-bond donors (Lipinski definition) is 1. The van der Waals surface area contributed by atoms with Gasteiger partial charge in [-0.05, 0) is 55.2 Å². The van der Waals surface area contributed by atoms with Crippen molar-refractivity contribution < 1.29 is 9.50 Å². The van der Waals surface area contributed by atoms with Gasteiger partial charge in [-0.3, -0.25) is 0 Å². The highest BCUT2D eigenvalue weighted by molar-refractivity contribution is 9.10. The Balaban J connectivity index is 2.31. The molecule has 0 aliphatic heterocycles. The largest absolute Gasteiger partial charge is 0.388 e. The van der Waals surface area contributed by atoms with Gasteiger partial charge in [-0.2, -0.15) is 0 Å². The topological polar surface area (TPSA) is 20.2 Å². The molecular weight excluding hydrogens is 319 g/mol. The van der Waals surface area contributed by atoms with Crippen LogP contribution in [0.4, 0.5) is 4.39 Å². The molecule has 0 aromatic heterocycles. The molecule has 0 amide bonds. The third kappa shape index (κ3) is 3.28. The predicted octanol–water partition coefficient (Wildman–Crippen LogP) is 4.79. The molecule has 0 aliphatic carbocycles. The molecule has 0 spiro atoms. The lowest BCUT2D eigenvalue weighted by Crippen LogP contribution is -2.08. The molecule has 20 heavy (non-hydrogen) atoms. The average Bonchev–Trinajstić information content (AvgIpc) is 2.31. The number of aliphatic hydroxyl groups is 1. The molecule has 2 aromatic rings. The van der Waals surface area contributed by atoms with E-state index in [1.54, 1.807) is 12.1 Å². The van der Waals surface area contributed by atoms with Crippen LogP contribution in [0, 0.1) is 26.6 Å². The number of rotatable bonds is 3. The zero-order chi connectivity index (χ0) is 14.9. The van der Waals surface area contributed by atoms with E-state index in [1.807, 2.05) is 32.9 Å². The number of halogens is 2. The summed E-state index contributed by atoms with van der Waals surface area (Å²) in [5.74, 6) is -0.291. The monoisotopic (exact) mass is 336 g/mol. The van der Waals surface area contributed by atoms with Crippen LogP contribution < -0.4 is 0 Å². The second-order valence-corrected chi connectivity index (χ2v) is 6.18. The van der Waals surface area contributed by atoms with Crippen LogP contribution in [0.5, 0.6) is 0 Å². The minimum absolute atomic E-state index is 0.282. The molecule has 0 aliphatic rings. The standard InChI is InChI=1S/C17H18BrFO/c1-10-6-11(2)17(12(3)7-10)16(20)8-13-4-5-14(18)9-15(13)19/h4-7,9,16,20H,8H2,1-3H3. The van der Waals surface area contributed by atoms with Crippen molar-refractivity contribution >= 4 is 15.9 Å². The van der Waals surface area contributed by atoms with E-state index in [1.165, 1.54) is 11.6 Å². The molecule has 0 bridgehead atoms. The van der Waals surface area contributed by atoms with Gasteiger partial charge >= 0.3 is 0 Å². The van der Waals surface area contributed by atoms with Gasteiger partial charge in [0.05, 0.1) is 6.10 Å². The van der Waals surface area contributed by atoms with Crippen molar-refractivity contribution in [1.82, 2.24) is 0 Å². The van der Waals surface area contributed by atoms with Crippen molar-refractivity contribution in [2.75, 3.05) is 0 Å². The quantitative estimate of drug-likeness (QED) is 0.854. The number of hydrogen-bond acceptors (Lipinski definition) is 1. The first-order valence-corrected chi connectivity index (χ1v) is 7.37. The van der Waals surface area contributed by atoms with Crippen LogP contribution in [0.15, 0.2) is 34.8 Å². The van der Waals surface area contributed by atoms with Crippen molar-refractivity contribution in [1.29, 1.82) is 0 Å². The van der Waals surface area contributed by atoms with Crippen LogP contribution in [0.3, 0.4) is 0 Å². The molecule has 2 aromatic carbocycles. The van der Waals surface area contributed by atoms with Crippen LogP contribution in [0.1, 0.15) is 33.9 Å². The summed E-state index contributed by atoms with van der Waals surface area (Å²) in [6.45, 7) is 6.00. The van der Waals surface area contributed by atoms with E-state index in [0.29, 0.717) is 10.0 Å². The van der Waals surface area contributed by atoms with Gasteiger partial charge in [0, 0.05) is 10.9 Å². The molecule has 0 saturated carbocycles. The molecule has 0 fully saturated rings. The summed E-state index contributed by atoms with van der Waals surface area (Å²) < 4.78 is 14.6. The fraction of sp³-hybridized carbons (Fsp3) is 0.294. The van der Waals surface area contributed by atoms with Gasteiger partial charge in [-0.15, -0.1) is 0 Å². The van der Waals surface area contributed by atoms with Crippen LogP contribution in [0.25, 0.3) is 0 Å². The van der Waals surface area contributed by atoms with Gasteiger partial charge in [0.25, 0.3) is 0 Å². The van der Waals surface area contributed by atoms with E-state index in [-0.39, 0.29) is 12.2 Å². The summed E-state index contributed by atoms with van der Waals surface area (Å²) in [5.41, 5.74) is 4.70. The number of aryl methyl sites for hydroxylation is 3. The van der Waals surface area contributed by atoms with Gasteiger partial charge in [0.1, 0.15) is 5.82 Å². The molecule has 0 heterocycles. The summed E-state index contributed by atoms with van der Waals surface area (Å²) in [5, 5.41) is 10.4. The molecule has 1 nitrogen and oxygen atoms in total. The van der Waals surface area contributed by atoms with Crippen LogP contribution in [-0.4, -0.2) is 5.11 Å². The highest BCUT2D eigenvalue weighted by Crippen LogP contribution is 2.27. The fourth-order valence-electron chi connectivity index (χ4n) is 2.71. The van der Waals surface area contributed by atoms with Crippen molar-refractivity contribution in [3.8, 4) is 0 Å². The molecule has 106 valence electrons. The third-order valence-corrected chi connectivity index (χ3v) is 3.99. The first-order valence-electron chi connectivity index (χ1n) is 6.58. The first-order chi connectivity index (χ1) is 9.38. The van der Waals surface area contributed by atoms with Gasteiger partial charge < -0.3 is 5.11 Å². The van der Waals surface area contributed by atoms with E-state index in [4.69, 9.17) is 0 Å². The van der Waals surface area contributed by atoms with E-state index in [2.05, 4.69) is 15.9 Å². The lowest BCUT2D eigenvalue weighted by molar-refractivity contribution is 0.175. The Bertz CT molecular complexity index is 614. The number of aliphatic hydroxyl groups excluding tert-OH is 1. The van der Waals surface area contributed by atoms with Gasteiger partial charge in [0.15, 0.2) is 0 Å². The van der Waals surface area contributed by atoms with E-state index < -0.39 is 6.10 Å². The van der Waals surface area contributed by atoms with Crippen molar-refractivity contribution in [3.05, 3.63) is 68.4 Å². The van der Waals surface area contributed by atoms with E-state index >= 15 is 0 Å². The SMILES string of the molecule is Cc1cc(C)c(C(O)Cc2ccc(Br)cc2F)c(C)c1. The lowest BCUT2D eigenvalue weighted by atomic mass is 9.92. The summed E-state index contributed by atoms with van der Waals surface area (Å²) >= 11 is 3.24. The summed E-state index contributed by atoms with van der Waals surface area (Å²) in [6, 6.07) is 9.02. The van der Waals surface area contributed by atoms with Crippen LogP contribution >= 0.6 is 15.9 Å². The minimum atomic E-state index is -0.689. The Labute approximate surface area is 127 Å². The Morgan fingerprint density at radius 3 is 2.25 bits per heavy atom. The highest BCUT2D eigenvalue weighted by atomic mass is 79.9. The summed E-state index contributed by atoms with van der Waals surface area (Å²) in [4.78, 5) is 0. The second kappa shape index (κ2) is 6.06. The predicted molar refractivity (Wildman–Crippen MR) is 83.4 cm³/mol. The minimum Gasteiger partial charge on any atom is -0.388 e. The van der Waals surface area contributed by atoms with Crippen molar-refractivity contribution in [2.45, 2.75) is 33.3 Å². The zero-order valence-electron chi connectivity index (χ0n) is 11.9. The highest BCUT2D eigenvalue weighted by Gasteiger charge is 2.16. The third-order valence-electron chi connectivity index (χ3n) is 3.50. The Morgan fingerprint density at radius 2 is 1.70 bits per heavy atom. The zero-order valence-corrected chi connectivity index (χ0v) is 13.5. The average molecular weight is 337 g/mol. The molecule has 3 heteroatoms. The number of benzene rings is 2. The van der Waals surface area contributed by atoms with Gasteiger partial charge in [0.2, 0.25) is 0 Å². The molecule has 1 N–H and O–H groups in total.